The zero-order chi connectivity index (χ0) is 12.3. The summed E-state index contributed by atoms with van der Waals surface area (Å²) in [5.41, 5.74) is 0. The smallest absolute Gasteiger partial charge is 0.186 e. The number of hydrogen-bond donors (Lipinski definition) is 0. The van der Waals surface area contributed by atoms with Crippen LogP contribution in [0.3, 0.4) is 0 Å². The lowest BCUT2D eigenvalue weighted by atomic mass is 10.3. The Balaban J connectivity index is 1.90. The maximum atomic E-state index is 11.9. The first-order chi connectivity index (χ1) is 8.15. The van der Waals surface area contributed by atoms with E-state index in [1.165, 1.54) is 4.88 Å². The number of carbonyl (C=O) groups is 1. The van der Waals surface area contributed by atoms with E-state index < -0.39 is 0 Å². The van der Waals surface area contributed by atoms with Crippen molar-refractivity contribution in [2.24, 2.45) is 0 Å². The summed E-state index contributed by atoms with van der Waals surface area (Å²) in [5, 5.41) is 0. The Morgan fingerprint density at radius 2 is 2.24 bits per heavy atom. The number of carbonyl (C=O) groups excluding carboxylic acids is 1. The predicted octanol–water partition coefficient (Wildman–Crippen LogP) is 2.96. The van der Waals surface area contributed by atoms with E-state index in [0.717, 1.165) is 10.6 Å². The summed E-state index contributed by atoms with van der Waals surface area (Å²) in [6, 6.07) is 7.64. The Bertz CT molecular complexity index is 487. The molecule has 17 heavy (non-hydrogen) atoms. The molecule has 0 fully saturated rings. The van der Waals surface area contributed by atoms with Crippen LogP contribution in [0.5, 0.6) is 0 Å². The first-order valence-electron chi connectivity index (χ1n) is 5.46. The van der Waals surface area contributed by atoms with Crippen molar-refractivity contribution in [3.8, 4) is 0 Å². The molecule has 0 spiro atoms. The lowest BCUT2D eigenvalue weighted by molar-refractivity contribution is 0.0943. The molecule has 2 rings (SSSR count). The topological polar surface area (TPSA) is 33.5 Å². The van der Waals surface area contributed by atoms with Gasteiger partial charge in [0.05, 0.1) is 24.2 Å². The van der Waals surface area contributed by atoms with Crippen LogP contribution in [0, 0.1) is 6.92 Å². The number of nitrogens with zero attached hydrogens (tertiary/aromatic N) is 1. The zero-order valence-electron chi connectivity index (χ0n) is 9.97. The highest BCUT2D eigenvalue weighted by Crippen LogP contribution is 2.16. The minimum Gasteiger partial charge on any atom is -0.468 e. The minimum atomic E-state index is 0.164. The summed E-state index contributed by atoms with van der Waals surface area (Å²) in [7, 11) is 1.92. The van der Waals surface area contributed by atoms with Gasteiger partial charge in [-0.1, -0.05) is 0 Å². The molecule has 2 aromatic rings. The molecule has 0 radical (unpaired) electrons. The van der Waals surface area contributed by atoms with E-state index in [-0.39, 0.29) is 5.78 Å². The Morgan fingerprint density at radius 1 is 1.41 bits per heavy atom. The highest BCUT2D eigenvalue weighted by molar-refractivity contribution is 7.14. The SMILES string of the molecule is Cc1ccc(C(=O)CN(C)Cc2ccco2)s1. The van der Waals surface area contributed by atoms with Crippen molar-refractivity contribution in [1.29, 1.82) is 0 Å². The molecule has 0 bridgehead atoms. The van der Waals surface area contributed by atoms with Gasteiger partial charge in [0.2, 0.25) is 0 Å². The molecule has 0 aromatic carbocycles. The lowest BCUT2D eigenvalue weighted by Gasteiger charge is -2.13. The number of rotatable bonds is 5. The Labute approximate surface area is 105 Å². The highest BCUT2D eigenvalue weighted by Gasteiger charge is 2.12. The third kappa shape index (κ3) is 3.28. The van der Waals surface area contributed by atoms with E-state index in [1.54, 1.807) is 17.6 Å². The second kappa shape index (κ2) is 5.29. The maximum Gasteiger partial charge on any atom is 0.186 e. The van der Waals surface area contributed by atoms with Gasteiger partial charge in [0, 0.05) is 4.88 Å². The van der Waals surface area contributed by atoms with Crippen molar-refractivity contribution in [3.63, 3.8) is 0 Å². The van der Waals surface area contributed by atoms with Crippen molar-refractivity contribution in [3.05, 3.63) is 46.0 Å². The molecule has 3 nitrogen and oxygen atoms in total. The Hall–Kier alpha value is -1.39. The van der Waals surface area contributed by atoms with Crippen LogP contribution >= 0.6 is 11.3 Å². The number of aryl methyl sites for hydroxylation is 1. The fourth-order valence-electron chi connectivity index (χ4n) is 1.63. The van der Waals surface area contributed by atoms with Crippen molar-refractivity contribution in [1.82, 2.24) is 4.90 Å². The van der Waals surface area contributed by atoms with Crippen molar-refractivity contribution in [2.75, 3.05) is 13.6 Å². The fourth-order valence-corrected chi connectivity index (χ4v) is 2.43. The second-order valence-corrected chi connectivity index (χ2v) is 5.37. The van der Waals surface area contributed by atoms with Gasteiger partial charge >= 0.3 is 0 Å². The monoisotopic (exact) mass is 249 g/mol. The number of furan rings is 1. The van der Waals surface area contributed by atoms with Crippen molar-refractivity contribution in [2.45, 2.75) is 13.5 Å². The van der Waals surface area contributed by atoms with E-state index in [1.807, 2.05) is 43.1 Å². The molecule has 0 atom stereocenters. The lowest BCUT2D eigenvalue weighted by Crippen LogP contribution is -2.24. The zero-order valence-corrected chi connectivity index (χ0v) is 10.8. The molecule has 0 saturated heterocycles. The Kier molecular flexibility index (Phi) is 3.76. The van der Waals surface area contributed by atoms with Gasteiger partial charge in [-0.15, -0.1) is 11.3 Å². The van der Waals surface area contributed by atoms with Crippen LogP contribution in [0.1, 0.15) is 20.3 Å². The number of thiophene rings is 1. The molecule has 0 saturated carbocycles. The minimum absolute atomic E-state index is 0.164. The van der Waals surface area contributed by atoms with E-state index in [9.17, 15) is 4.79 Å². The molecule has 90 valence electrons. The average Bonchev–Trinajstić information content (AvgIpc) is 2.89. The summed E-state index contributed by atoms with van der Waals surface area (Å²) in [5.74, 6) is 1.04. The standard InChI is InChI=1S/C13H15NO2S/c1-10-5-6-13(17-10)12(15)9-14(2)8-11-4-3-7-16-11/h3-7H,8-9H2,1-2H3. The van der Waals surface area contributed by atoms with Gasteiger partial charge in [-0.25, -0.2) is 0 Å². The van der Waals surface area contributed by atoms with Gasteiger partial charge in [-0.05, 0) is 38.2 Å². The van der Waals surface area contributed by atoms with Gasteiger partial charge < -0.3 is 4.42 Å². The van der Waals surface area contributed by atoms with E-state index in [0.29, 0.717) is 13.1 Å². The summed E-state index contributed by atoms with van der Waals surface area (Å²) < 4.78 is 5.25. The van der Waals surface area contributed by atoms with Crippen LogP contribution < -0.4 is 0 Å². The van der Waals surface area contributed by atoms with E-state index in [2.05, 4.69) is 0 Å². The summed E-state index contributed by atoms with van der Waals surface area (Å²) in [6.45, 7) is 3.08. The number of Topliss-reactive ketones (excluding diaryl/α,β-unsaturated/α-hetero) is 1. The number of ketones is 1. The third-order valence-corrected chi connectivity index (χ3v) is 3.48. The average molecular weight is 249 g/mol. The second-order valence-electron chi connectivity index (χ2n) is 4.09. The first-order valence-corrected chi connectivity index (χ1v) is 6.27. The van der Waals surface area contributed by atoms with E-state index in [4.69, 9.17) is 4.42 Å². The molecular formula is C13H15NO2S. The van der Waals surface area contributed by atoms with Gasteiger partial charge in [0.15, 0.2) is 5.78 Å². The molecule has 0 N–H and O–H groups in total. The predicted molar refractivity (Wildman–Crippen MR) is 68.4 cm³/mol. The summed E-state index contributed by atoms with van der Waals surface area (Å²) in [6.07, 6.45) is 1.65. The third-order valence-electron chi connectivity index (χ3n) is 2.43. The van der Waals surface area contributed by atoms with Crippen LogP contribution in [0.2, 0.25) is 0 Å². The van der Waals surface area contributed by atoms with Crippen molar-refractivity contribution < 1.29 is 9.21 Å². The van der Waals surface area contributed by atoms with Crippen LogP contribution in [0.15, 0.2) is 34.9 Å². The van der Waals surface area contributed by atoms with Gasteiger partial charge in [0.1, 0.15) is 5.76 Å². The molecule has 4 heteroatoms. The van der Waals surface area contributed by atoms with Crippen LogP contribution in [-0.2, 0) is 6.54 Å². The molecule has 2 aromatic heterocycles. The van der Waals surface area contributed by atoms with Crippen LogP contribution in [-0.4, -0.2) is 24.3 Å². The first kappa shape index (κ1) is 12.1. The summed E-state index contributed by atoms with van der Waals surface area (Å²) >= 11 is 1.55. The summed E-state index contributed by atoms with van der Waals surface area (Å²) in [4.78, 5) is 15.9. The van der Waals surface area contributed by atoms with Gasteiger partial charge in [0.25, 0.3) is 0 Å². The normalized spacial score (nSPS) is 11.0. The largest absolute Gasteiger partial charge is 0.468 e. The quantitative estimate of drug-likeness (QED) is 0.764. The van der Waals surface area contributed by atoms with Crippen LogP contribution in [0.25, 0.3) is 0 Å². The highest BCUT2D eigenvalue weighted by atomic mass is 32.1. The molecule has 0 aliphatic rings. The van der Waals surface area contributed by atoms with Gasteiger partial charge in [-0.3, -0.25) is 9.69 Å². The molecular weight excluding hydrogens is 234 g/mol. The van der Waals surface area contributed by atoms with Crippen LogP contribution in [0.4, 0.5) is 0 Å². The number of likely N-dealkylation sites (N-methyl/N-ethyl adjacent to an activating group) is 1. The van der Waals surface area contributed by atoms with E-state index >= 15 is 0 Å². The molecule has 0 aliphatic heterocycles. The molecule has 0 unspecified atom stereocenters. The fraction of sp³-hybridized carbons (Fsp3) is 0.308. The van der Waals surface area contributed by atoms with Crippen molar-refractivity contribution >= 4 is 17.1 Å². The van der Waals surface area contributed by atoms with Gasteiger partial charge in [-0.2, -0.15) is 0 Å². The maximum absolute atomic E-state index is 11.9. The number of hydrogen-bond acceptors (Lipinski definition) is 4. The molecule has 2 heterocycles. The molecule has 0 aliphatic carbocycles. The molecule has 0 amide bonds. The Morgan fingerprint density at radius 3 is 2.82 bits per heavy atom.